The number of fused-ring (bicyclic) bond motifs is 1. The average Bonchev–Trinajstić information content (AvgIpc) is 3.17. The lowest BCUT2D eigenvalue weighted by Crippen LogP contribution is -2.39. The van der Waals surface area contributed by atoms with Gasteiger partial charge in [-0.05, 0) is 38.1 Å². The fourth-order valence-electron chi connectivity index (χ4n) is 4.44. The van der Waals surface area contributed by atoms with Gasteiger partial charge in [0.25, 0.3) is 0 Å². The summed E-state index contributed by atoms with van der Waals surface area (Å²) < 4.78 is 22.2. The van der Waals surface area contributed by atoms with E-state index in [1.807, 2.05) is 12.1 Å². The smallest absolute Gasteiger partial charge is 0.124 e. The van der Waals surface area contributed by atoms with E-state index in [0.29, 0.717) is 30.5 Å². The number of halogens is 1. The van der Waals surface area contributed by atoms with Gasteiger partial charge < -0.3 is 9.30 Å². The fourth-order valence-corrected chi connectivity index (χ4v) is 4.44. The van der Waals surface area contributed by atoms with E-state index in [-0.39, 0.29) is 11.9 Å². The van der Waals surface area contributed by atoms with Crippen LogP contribution in [0.5, 0.6) is 0 Å². The maximum atomic E-state index is 13.8. The van der Waals surface area contributed by atoms with Gasteiger partial charge in [0.2, 0.25) is 0 Å². The topological polar surface area (TPSA) is 56.1 Å². The summed E-state index contributed by atoms with van der Waals surface area (Å²) in [5.74, 6) is 0.754. The molecule has 2 aromatic heterocycles. The standard InChI is InChI=1S/C25H26FN5O/c1-17(2)31-21-9-4-3-8-20(21)29-23(31)16-30-12-13-32-22(15-30)25-24(27-10-11-28-25)18-6-5-7-19(26)14-18/h3-11,14,17,22H,12-13,15-16H2,1-2H3/t22-/m1/s1. The molecule has 32 heavy (non-hydrogen) atoms. The number of para-hydroxylation sites is 2. The number of imidazole rings is 1. The van der Waals surface area contributed by atoms with Gasteiger partial charge in [0.15, 0.2) is 0 Å². The highest BCUT2D eigenvalue weighted by Gasteiger charge is 2.27. The fraction of sp³-hybridized carbons (Fsp3) is 0.320. The summed E-state index contributed by atoms with van der Waals surface area (Å²) in [6, 6.07) is 15.0. The zero-order valence-electron chi connectivity index (χ0n) is 18.3. The molecule has 0 spiro atoms. The van der Waals surface area contributed by atoms with Gasteiger partial charge in [-0.3, -0.25) is 14.9 Å². The molecular weight excluding hydrogens is 405 g/mol. The van der Waals surface area contributed by atoms with Crippen LogP contribution in [0.4, 0.5) is 4.39 Å². The number of nitrogens with zero attached hydrogens (tertiary/aromatic N) is 5. The maximum Gasteiger partial charge on any atom is 0.124 e. The van der Waals surface area contributed by atoms with Crippen LogP contribution in [0.3, 0.4) is 0 Å². The molecule has 6 nitrogen and oxygen atoms in total. The van der Waals surface area contributed by atoms with E-state index in [0.717, 1.165) is 35.6 Å². The van der Waals surface area contributed by atoms with Crippen molar-refractivity contribution in [3.63, 3.8) is 0 Å². The third kappa shape index (κ3) is 4.01. The molecule has 0 N–H and O–H groups in total. The minimum absolute atomic E-state index is 0.243. The van der Waals surface area contributed by atoms with Gasteiger partial charge in [-0.25, -0.2) is 9.37 Å². The molecular formula is C25H26FN5O. The molecule has 7 heteroatoms. The van der Waals surface area contributed by atoms with Crippen molar-refractivity contribution in [2.45, 2.75) is 32.5 Å². The number of morpholine rings is 1. The second-order valence-corrected chi connectivity index (χ2v) is 8.38. The van der Waals surface area contributed by atoms with Gasteiger partial charge >= 0.3 is 0 Å². The van der Waals surface area contributed by atoms with Crippen molar-refractivity contribution in [3.8, 4) is 11.3 Å². The van der Waals surface area contributed by atoms with E-state index < -0.39 is 0 Å². The first kappa shape index (κ1) is 20.7. The lowest BCUT2D eigenvalue weighted by molar-refractivity contribution is -0.0358. The molecule has 0 aliphatic carbocycles. The predicted molar refractivity (Wildman–Crippen MR) is 122 cm³/mol. The maximum absolute atomic E-state index is 13.8. The van der Waals surface area contributed by atoms with Crippen LogP contribution < -0.4 is 0 Å². The number of hydrogen-bond donors (Lipinski definition) is 0. The Kier molecular flexibility index (Phi) is 5.68. The van der Waals surface area contributed by atoms with Crippen molar-refractivity contribution in [1.82, 2.24) is 24.4 Å². The number of rotatable bonds is 5. The largest absolute Gasteiger partial charge is 0.369 e. The summed E-state index contributed by atoms with van der Waals surface area (Å²) in [6.07, 6.45) is 3.06. The van der Waals surface area contributed by atoms with E-state index in [1.165, 1.54) is 12.1 Å². The number of ether oxygens (including phenoxy) is 1. The minimum Gasteiger partial charge on any atom is -0.369 e. The van der Waals surface area contributed by atoms with Crippen molar-refractivity contribution >= 4 is 11.0 Å². The van der Waals surface area contributed by atoms with E-state index >= 15 is 0 Å². The third-order valence-electron chi connectivity index (χ3n) is 5.83. The van der Waals surface area contributed by atoms with Crippen LogP contribution >= 0.6 is 0 Å². The Balaban J connectivity index is 1.42. The summed E-state index contributed by atoms with van der Waals surface area (Å²) in [5, 5.41) is 0. The summed E-state index contributed by atoms with van der Waals surface area (Å²) >= 11 is 0. The first-order valence-corrected chi connectivity index (χ1v) is 11.0. The monoisotopic (exact) mass is 431 g/mol. The molecule has 0 amide bonds. The lowest BCUT2D eigenvalue weighted by atomic mass is 10.1. The quantitative estimate of drug-likeness (QED) is 0.455. The molecule has 4 aromatic rings. The third-order valence-corrected chi connectivity index (χ3v) is 5.83. The molecule has 0 radical (unpaired) electrons. The lowest BCUT2D eigenvalue weighted by Gasteiger charge is -2.33. The Morgan fingerprint density at radius 3 is 2.78 bits per heavy atom. The molecule has 1 fully saturated rings. The van der Waals surface area contributed by atoms with Crippen LogP contribution in [-0.4, -0.2) is 44.1 Å². The van der Waals surface area contributed by atoms with Gasteiger partial charge in [-0.1, -0.05) is 24.3 Å². The SMILES string of the molecule is CC(C)n1c(CN2CCO[C@@H](c3nccnc3-c3cccc(F)c3)C2)nc2ccccc21. The molecule has 1 aliphatic rings. The highest BCUT2D eigenvalue weighted by atomic mass is 19.1. The van der Waals surface area contributed by atoms with Crippen LogP contribution in [0.25, 0.3) is 22.3 Å². The first-order chi connectivity index (χ1) is 15.6. The van der Waals surface area contributed by atoms with Gasteiger partial charge in [0.05, 0.1) is 35.6 Å². The molecule has 0 bridgehead atoms. The van der Waals surface area contributed by atoms with Crippen LogP contribution in [-0.2, 0) is 11.3 Å². The first-order valence-electron chi connectivity index (χ1n) is 11.0. The van der Waals surface area contributed by atoms with Crippen LogP contribution in [0.1, 0.15) is 37.5 Å². The Morgan fingerprint density at radius 2 is 1.94 bits per heavy atom. The Labute approximate surface area is 186 Å². The zero-order valence-corrected chi connectivity index (χ0v) is 18.3. The summed E-state index contributed by atoms with van der Waals surface area (Å²) in [5.41, 5.74) is 4.27. The molecule has 1 atom stereocenters. The van der Waals surface area contributed by atoms with Crippen molar-refractivity contribution < 1.29 is 9.13 Å². The second-order valence-electron chi connectivity index (χ2n) is 8.38. The van der Waals surface area contributed by atoms with Gasteiger partial charge in [-0.15, -0.1) is 0 Å². The molecule has 164 valence electrons. The second kappa shape index (κ2) is 8.76. The van der Waals surface area contributed by atoms with Crippen molar-refractivity contribution in [1.29, 1.82) is 0 Å². The van der Waals surface area contributed by atoms with E-state index in [1.54, 1.807) is 18.5 Å². The predicted octanol–water partition coefficient (Wildman–Crippen LogP) is 4.79. The van der Waals surface area contributed by atoms with Gasteiger partial charge in [0, 0.05) is 37.1 Å². The number of hydrogen-bond acceptors (Lipinski definition) is 5. The Morgan fingerprint density at radius 1 is 1.09 bits per heavy atom. The van der Waals surface area contributed by atoms with E-state index in [9.17, 15) is 4.39 Å². The number of benzene rings is 2. The molecule has 2 aromatic carbocycles. The Bertz CT molecular complexity index is 1240. The molecule has 0 unspecified atom stereocenters. The van der Waals surface area contributed by atoms with Gasteiger partial charge in [0.1, 0.15) is 17.7 Å². The summed E-state index contributed by atoms with van der Waals surface area (Å²) in [7, 11) is 0. The van der Waals surface area contributed by atoms with Crippen LogP contribution in [0.15, 0.2) is 60.9 Å². The van der Waals surface area contributed by atoms with Crippen molar-refractivity contribution in [2.75, 3.05) is 19.7 Å². The molecule has 0 saturated carbocycles. The summed E-state index contributed by atoms with van der Waals surface area (Å²) in [4.78, 5) is 16.3. The van der Waals surface area contributed by atoms with E-state index in [4.69, 9.17) is 9.72 Å². The van der Waals surface area contributed by atoms with Crippen LogP contribution in [0.2, 0.25) is 0 Å². The normalized spacial score (nSPS) is 17.3. The summed E-state index contributed by atoms with van der Waals surface area (Å²) in [6.45, 7) is 7.17. The van der Waals surface area contributed by atoms with Crippen LogP contribution in [0, 0.1) is 5.82 Å². The highest BCUT2D eigenvalue weighted by Crippen LogP contribution is 2.30. The van der Waals surface area contributed by atoms with Crippen molar-refractivity contribution in [2.24, 2.45) is 0 Å². The Hall–Kier alpha value is -3.16. The average molecular weight is 432 g/mol. The minimum atomic E-state index is -0.294. The zero-order chi connectivity index (χ0) is 22.1. The molecule has 5 rings (SSSR count). The molecule has 1 saturated heterocycles. The van der Waals surface area contributed by atoms with E-state index in [2.05, 4.69) is 51.5 Å². The molecule has 1 aliphatic heterocycles. The number of aromatic nitrogens is 4. The van der Waals surface area contributed by atoms with Crippen molar-refractivity contribution in [3.05, 3.63) is 78.3 Å². The van der Waals surface area contributed by atoms with Gasteiger partial charge in [-0.2, -0.15) is 0 Å². The highest BCUT2D eigenvalue weighted by molar-refractivity contribution is 5.76. The molecule has 3 heterocycles.